The monoisotopic (exact) mass is 476 g/mol. The summed E-state index contributed by atoms with van der Waals surface area (Å²) in [5, 5.41) is 0.742. The van der Waals surface area contributed by atoms with Crippen molar-refractivity contribution in [1.82, 2.24) is 4.57 Å². The molecule has 0 bridgehead atoms. The van der Waals surface area contributed by atoms with E-state index < -0.39 is 12.1 Å². The molecule has 2 aliphatic heterocycles. The molecule has 182 valence electrons. The van der Waals surface area contributed by atoms with E-state index in [4.69, 9.17) is 14.2 Å². The normalized spacial score (nSPS) is 16.6. The molecule has 0 saturated carbocycles. The van der Waals surface area contributed by atoms with Crippen LogP contribution in [0, 0.1) is 0 Å². The quantitative estimate of drug-likeness (QED) is 0.474. The molecule has 0 amide bonds. The van der Waals surface area contributed by atoms with Crippen LogP contribution in [0.1, 0.15) is 53.1 Å². The molecule has 0 fully saturated rings. The first-order valence-electron chi connectivity index (χ1n) is 12.0. The summed E-state index contributed by atoms with van der Waals surface area (Å²) in [6.07, 6.45) is -0.0414. The maximum absolute atomic E-state index is 13.3. The number of aryl methyl sites for hydroxylation is 1. The van der Waals surface area contributed by atoms with Crippen molar-refractivity contribution in [3.05, 3.63) is 59.3 Å². The largest absolute Gasteiger partial charge is 0.486 e. The van der Waals surface area contributed by atoms with Gasteiger partial charge in [-0.05, 0) is 31.5 Å². The highest BCUT2D eigenvalue weighted by Gasteiger charge is 2.36. The lowest BCUT2D eigenvalue weighted by atomic mass is 9.96. The number of esters is 2. The van der Waals surface area contributed by atoms with Gasteiger partial charge in [-0.1, -0.05) is 30.3 Å². The standard InChI is InChI=1S/C27H28N2O6/c1-3-33-23(31)14-19-16-28(15-17-8-6-5-7-9-17)26-22(35-19)13-18-12-20(27(32)34-4-2)29-11-10-21(30)24(26)25(18)29/h5-9,12-13,19H,3-4,10-11,14-16H2,1-2H3/t19-/m1/s1. The Labute approximate surface area is 203 Å². The predicted octanol–water partition coefficient (Wildman–Crippen LogP) is 4.13. The van der Waals surface area contributed by atoms with Gasteiger partial charge >= 0.3 is 11.9 Å². The summed E-state index contributed by atoms with van der Waals surface area (Å²) >= 11 is 0. The molecular formula is C27H28N2O6. The third-order valence-electron chi connectivity index (χ3n) is 6.40. The van der Waals surface area contributed by atoms with E-state index in [1.807, 2.05) is 41.0 Å². The molecule has 8 heteroatoms. The van der Waals surface area contributed by atoms with Crippen LogP contribution in [0.3, 0.4) is 0 Å². The van der Waals surface area contributed by atoms with Gasteiger partial charge in [0.1, 0.15) is 17.5 Å². The van der Waals surface area contributed by atoms with Crippen LogP contribution in [0.2, 0.25) is 0 Å². The number of nitrogens with zero attached hydrogens (tertiary/aromatic N) is 2. The second-order valence-electron chi connectivity index (χ2n) is 8.73. The zero-order valence-electron chi connectivity index (χ0n) is 19.9. The first-order valence-corrected chi connectivity index (χ1v) is 12.0. The van der Waals surface area contributed by atoms with Crippen LogP contribution >= 0.6 is 0 Å². The van der Waals surface area contributed by atoms with Gasteiger partial charge in [-0.3, -0.25) is 9.59 Å². The van der Waals surface area contributed by atoms with E-state index in [2.05, 4.69) is 4.90 Å². The third-order valence-corrected chi connectivity index (χ3v) is 6.40. The number of aromatic nitrogens is 1. The van der Waals surface area contributed by atoms with Crippen molar-refractivity contribution in [2.24, 2.45) is 0 Å². The zero-order valence-corrected chi connectivity index (χ0v) is 19.9. The molecule has 0 N–H and O–H groups in total. The summed E-state index contributed by atoms with van der Waals surface area (Å²) in [4.78, 5) is 40.3. The fourth-order valence-electron chi connectivity index (χ4n) is 5.03. The number of carbonyl (C=O) groups excluding carboxylic acids is 3. The lowest BCUT2D eigenvalue weighted by Crippen LogP contribution is -2.42. The molecule has 0 aliphatic carbocycles. The second-order valence-corrected chi connectivity index (χ2v) is 8.73. The highest BCUT2D eigenvalue weighted by molar-refractivity contribution is 6.16. The topological polar surface area (TPSA) is 87.1 Å². The van der Waals surface area contributed by atoms with Crippen LogP contribution in [0.25, 0.3) is 10.9 Å². The molecule has 1 aromatic heterocycles. The fourth-order valence-corrected chi connectivity index (χ4v) is 5.03. The van der Waals surface area contributed by atoms with Crippen LogP contribution in [0.4, 0.5) is 5.69 Å². The number of benzene rings is 2. The maximum atomic E-state index is 13.3. The van der Waals surface area contributed by atoms with Gasteiger partial charge in [-0.15, -0.1) is 0 Å². The Morgan fingerprint density at radius 1 is 1.09 bits per heavy atom. The summed E-state index contributed by atoms with van der Waals surface area (Å²) in [6.45, 7) is 5.52. The first kappa shape index (κ1) is 23.0. The smallest absolute Gasteiger partial charge is 0.354 e. The molecule has 0 radical (unpaired) electrons. The Kier molecular flexibility index (Phi) is 6.19. The number of ketones is 1. The molecule has 0 unspecified atom stereocenters. The van der Waals surface area contributed by atoms with Gasteiger partial charge < -0.3 is 23.7 Å². The number of fused-ring (bicyclic) bond motifs is 2. The minimum Gasteiger partial charge on any atom is -0.486 e. The van der Waals surface area contributed by atoms with E-state index in [1.54, 1.807) is 19.9 Å². The van der Waals surface area contributed by atoms with E-state index in [9.17, 15) is 14.4 Å². The average Bonchev–Trinajstić information content (AvgIpc) is 3.20. The van der Waals surface area contributed by atoms with Crippen molar-refractivity contribution in [2.75, 3.05) is 24.7 Å². The molecule has 8 nitrogen and oxygen atoms in total. The van der Waals surface area contributed by atoms with Gasteiger partial charge in [0.2, 0.25) is 0 Å². The second kappa shape index (κ2) is 9.44. The highest BCUT2D eigenvalue weighted by Crippen LogP contribution is 2.45. The number of rotatable bonds is 7. The van der Waals surface area contributed by atoms with Gasteiger partial charge in [0.25, 0.3) is 0 Å². The summed E-state index contributed by atoms with van der Waals surface area (Å²) < 4.78 is 18.6. The number of Topliss-reactive ketones (excluding diaryl/α,β-unsaturated/α-hetero) is 1. The predicted molar refractivity (Wildman–Crippen MR) is 130 cm³/mol. The van der Waals surface area contributed by atoms with E-state index in [0.717, 1.165) is 16.5 Å². The molecule has 0 saturated heterocycles. The summed E-state index contributed by atoms with van der Waals surface area (Å²) in [6, 6.07) is 13.6. The molecule has 2 aromatic carbocycles. The van der Waals surface area contributed by atoms with E-state index >= 15 is 0 Å². The summed E-state index contributed by atoms with van der Waals surface area (Å²) in [7, 11) is 0. The van der Waals surface area contributed by atoms with Crippen molar-refractivity contribution < 1.29 is 28.6 Å². The first-order chi connectivity index (χ1) is 17.0. The van der Waals surface area contributed by atoms with Gasteiger partial charge in [-0.25, -0.2) is 4.79 Å². The van der Waals surface area contributed by atoms with E-state index in [0.29, 0.717) is 48.9 Å². The lowest BCUT2D eigenvalue weighted by molar-refractivity contribution is -0.144. The molecular weight excluding hydrogens is 448 g/mol. The fraction of sp³-hybridized carbons (Fsp3) is 0.370. The summed E-state index contributed by atoms with van der Waals surface area (Å²) in [5.41, 5.74) is 3.50. The molecule has 35 heavy (non-hydrogen) atoms. The Hall–Kier alpha value is -3.81. The van der Waals surface area contributed by atoms with Crippen molar-refractivity contribution in [1.29, 1.82) is 0 Å². The Balaban J connectivity index is 1.65. The van der Waals surface area contributed by atoms with Crippen LogP contribution < -0.4 is 9.64 Å². The minimum absolute atomic E-state index is 0.0124. The summed E-state index contributed by atoms with van der Waals surface area (Å²) in [5.74, 6) is -0.191. The number of carbonyl (C=O) groups is 3. The van der Waals surface area contributed by atoms with Gasteiger partial charge in [-0.2, -0.15) is 0 Å². The van der Waals surface area contributed by atoms with Crippen molar-refractivity contribution in [3.63, 3.8) is 0 Å². The number of hydrogen-bond donors (Lipinski definition) is 0. The highest BCUT2D eigenvalue weighted by atomic mass is 16.5. The van der Waals surface area contributed by atoms with Gasteiger partial charge in [0.15, 0.2) is 5.78 Å². The molecule has 3 heterocycles. The zero-order chi connectivity index (χ0) is 24.5. The molecule has 0 spiro atoms. The van der Waals surface area contributed by atoms with Gasteiger partial charge in [0, 0.05) is 24.9 Å². The van der Waals surface area contributed by atoms with Crippen molar-refractivity contribution >= 4 is 34.3 Å². The van der Waals surface area contributed by atoms with Crippen LogP contribution in [-0.2, 0) is 27.4 Å². The minimum atomic E-state index is -0.430. The van der Waals surface area contributed by atoms with E-state index in [-0.39, 0.29) is 31.2 Å². The molecule has 2 aliphatic rings. The van der Waals surface area contributed by atoms with E-state index in [1.165, 1.54) is 0 Å². The Morgan fingerprint density at radius 2 is 1.86 bits per heavy atom. The maximum Gasteiger partial charge on any atom is 0.354 e. The SMILES string of the molecule is CCOC(=O)C[C@@H]1CN(Cc2ccccc2)c2c(cc3cc(C(=O)OCC)n4c3c2C(=O)CC4)O1. The van der Waals surface area contributed by atoms with Crippen molar-refractivity contribution in [3.8, 4) is 5.75 Å². The van der Waals surface area contributed by atoms with Crippen LogP contribution in [0.5, 0.6) is 5.75 Å². The third kappa shape index (κ3) is 4.24. The lowest BCUT2D eigenvalue weighted by Gasteiger charge is -2.38. The van der Waals surface area contributed by atoms with Crippen LogP contribution in [0.15, 0.2) is 42.5 Å². The molecule has 1 atom stereocenters. The molecule has 5 rings (SSSR count). The molecule has 3 aromatic rings. The number of ether oxygens (including phenoxy) is 3. The number of anilines is 1. The average molecular weight is 477 g/mol. The van der Waals surface area contributed by atoms with Crippen LogP contribution in [-0.4, -0.2) is 48.2 Å². The van der Waals surface area contributed by atoms with Gasteiger partial charge in [0.05, 0.1) is 42.9 Å². The Bertz CT molecular complexity index is 1300. The Morgan fingerprint density at radius 3 is 2.60 bits per heavy atom. The number of hydrogen-bond acceptors (Lipinski definition) is 7. The van der Waals surface area contributed by atoms with Crippen molar-refractivity contribution in [2.45, 2.75) is 45.9 Å².